The van der Waals surface area contributed by atoms with Gasteiger partial charge in [0, 0.05) is 11.5 Å². The van der Waals surface area contributed by atoms with Crippen molar-refractivity contribution in [3.8, 4) is 5.75 Å². The molecule has 0 heterocycles. The van der Waals surface area contributed by atoms with Crippen molar-refractivity contribution in [3.63, 3.8) is 0 Å². The summed E-state index contributed by atoms with van der Waals surface area (Å²) in [5, 5.41) is 3.52. The Morgan fingerprint density at radius 1 is 1.26 bits per heavy atom. The molecule has 1 saturated carbocycles. The van der Waals surface area contributed by atoms with Gasteiger partial charge in [0.1, 0.15) is 5.75 Å². The van der Waals surface area contributed by atoms with Crippen molar-refractivity contribution in [2.24, 2.45) is 5.41 Å². The molecule has 2 unspecified atom stereocenters. The van der Waals surface area contributed by atoms with Crippen molar-refractivity contribution in [3.05, 3.63) is 29.8 Å². The van der Waals surface area contributed by atoms with Gasteiger partial charge in [0.2, 0.25) is 0 Å². The van der Waals surface area contributed by atoms with Gasteiger partial charge < -0.3 is 14.8 Å². The fourth-order valence-electron chi connectivity index (χ4n) is 2.68. The van der Waals surface area contributed by atoms with Crippen LogP contribution in [0.4, 0.5) is 0 Å². The van der Waals surface area contributed by atoms with Crippen molar-refractivity contribution in [1.82, 2.24) is 5.32 Å². The van der Waals surface area contributed by atoms with E-state index >= 15 is 0 Å². The lowest BCUT2D eigenvalue weighted by Gasteiger charge is -2.52. The van der Waals surface area contributed by atoms with Gasteiger partial charge in [-0.15, -0.1) is 0 Å². The van der Waals surface area contributed by atoms with Gasteiger partial charge >= 0.3 is 0 Å². The smallest absolute Gasteiger partial charge is 0.118 e. The lowest BCUT2D eigenvalue weighted by Crippen LogP contribution is -2.60. The fourth-order valence-corrected chi connectivity index (χ4v) is 2.68. The molecule has 0 saturated heterocycles. The molecule has 1 aliphatic carbocycles. The molecule has 0 bridgehead atoms. The Bertz CT molecular complexity index is 400. The molecule has 1 aliphatic rings. The first-order valence-electron chi connectivity index (χ1n) is 7.05. The van der Waals surface area contributed by atoms with Crippen LogP contribution in [0.1, 0.15) is 32.8 Å². The first kappa shape index (κ1) is 14.4. The zero-order valence-corrected chi connectivity index (χ0v) is 12.4. The Kier molecular flexibility index (Phi) is 4.48. The molecule has 0 spiro atoms. The van der Waals surface area contributed by atoms with Crippen LogP contribution in [0.25, 0.3) is 0 Å². The fraction of sp³-hybridized carbons (Fsp3) is 0.625. The topological polar surface area (TPSA) is 30.5 Å². The van der Waals surface area contributed by atoms with E-state index in [-0.39, 0.29) is 5.41 Å². The summed E-state index contributed by atoms with van der Waals surface area (Å²) in [7, 11) is 1.68. The molecule has 1 aromatic carbocycles. The van der Waals surface area contributed by atoms with E-state index in [1.165, 1.54) is 5.56 Å². The zero-order chi connectivity index (χ0) is 13.9. The van der Waals surface area contributed by atoms with Crippen LogP contribution in [-0.2, 0) is 11.3 Å². The first-order valence-corrected chi connectivity index (χ1v) is 7.05. The molecule has 1 fully saturated rings. The van der Waals surface area contributed by atoms with Gasteiger partial charge in [-0.05, 0) is 30.7 Å². The summed E-state index contributed by atoms with van der Waals surface area (Å²) in [6.07, 6.45) is 1.45. The molecular weight excluding hydrogens is 238 g/mol. The zero-order valence-electron chi connectivity index (χ0n) is 12.4. The highest BCUT2D eigenvalue weighted by Crippen LogP contribution is 2.43. The largest absolute Gasteiger partial charge is 0.497 e. The van der Waals surface area contributed by atoms with Crippen LogP contribution in [-0.4, -0.2) is 25.8 Å². The molecule has 1 aromatic rings. The molecule has 2 rings (SSSR count). The number of hydrogen-bond donors (Lipinski definition) is 1. The second-order valence-corrected chi connectivity index (χ2v) is 5.82. The molecule has 19 heavy (non-hydrogen) atoms. The van der Waals surface area contributed by atoms with Gasteiger partial charge in [-0.2, -0.15) is 0 Å². The minimum absolute atomic E-state index is 0.225. The molecular formula is C16H25NO2. The Morgan fingerprint density at radius 3 is 2.47 bits per heavy atom. The maximum atomic E-state index is 6.05. The lowest BCUT2D eigenvalue weighted by atomic mass is 9.64. The second-order valence-electron chi connectivity index (χ2n) is 5.82. The number of rotatable bonds is 6. The van der Waals surface area contributed by atoms with Crippen molar-refractivity contribution in [1.29, 1.82) is 0 Å². The summed E-state index contributed by atoms with van der Waals surface area (Å²) >= 11 is 0. The van der Waals surface area contributed by atoms with Gasteiger partial charge in [0.15, 0.2) is 0 Å². The van der Waals surface area contributed by atoms with E-state index in [0.717, 1.165) is 18.7 Å². The molecule has 0 radical (unpaired) electrons. The quantitative estimate of drug-likeness (QED) is 0.856. The maximum Gasteiger partial charge on any atom is 0.118 e. The van der Waals surface area contributed by atoms with E-state index < -0.39 is 0 Å². The number of hydrogen-bond acceptors (Lipinski definition) is 3. The van der Waals surface area contributed by atoms with Gasteiger partial charge in [-0.3, -0.25) is 0 Å². The van der Waals surface area contributed by atoms with Crippen LogP contribution in [0.3, 0.4) is 0 Å². The third-order valence-electron chi connectivity index (χ3n) is 4.24. The molecule has 106 valence electrons. The van der Waals surface area contributed by atoms with Crippen molar-refractivity contribution < 1.29 is 9.47 Å². The molecule has 2 atom stereocenters. The average Bonchev–Trinajstić information content (AvgIpc) is 2.42. The highest BCUT2D eigenvalue weighted by atomic mass is 16.5. The summed E-state index contributed by atoms with van der Waals surface area (Å²) in [4.78, 5) is 0. The number of ether oxygens (including phenoxy) is 2. The third kappa shape index (κ3) is 3.10. The third-order valence-corrected chi connectivity index (χ3v) is 4.24. The highest BCUT2D eigenvalue weighted by molar-refractivity contribution is 5.26. The lowest BCUT2D eigenvalue weighted by molar-refractivity contribution is -0.124. The normalized spacial score (nSPS) is 24.8. The van der Waals surface area contributed by atoms with Crippen LogP contribution < -0.4 is 10.1 Å². The van der Waals surface area contributed by atoms with Crippen molar-refractivity contribution in [2.45, 2.75) is 45.9 Å². The first-order chi connectivity index (χ1) is 9.07. The molecule has 3 nitrogen and oxygen atoms in total. The average molecular weight is 263 g/mol. The molecule has 0 aliphatic heterocycles. The Balaban J connectivity index is 1.83. The van der Waals surface area contributed by atoms with E-state index in [0.29, 0.717) is 18.8 Å². The van der Waals surface area contributed by atoms with E-state index in [4.69, 9.17) is 9.47 Å². The molecule has 1 N–H and O–H groups in total. The maximum absolute atomic E-state index is 6.05. The van der Waals surface area contributed by atoms with Crippen molar-refractivity contribution >= 4 is 0 Å². The van der Waals surface area contributed by atoms with E-state index in [2.05, 4.69) is 38.2 Å². The SMILES string of the molecule is CCNC1CC(OCc2ccc(OC)cc2)C1(C)C. The Hall–Kier alpha value is -1.06. The molecule has 3 heteroatoms. The van der Waals surface area contributed by atoms with Crippen molar-refractivity contribution in [2.75, 3.05) is 13.7 Å². The number of nitrogens with one attached hydrogen (secondary N) is 1. The Labute approximate surface area is 116 Å². The predicted molar refractivity (Wildman–Crippen MR) is 77.4 cm³/mol. The minimum Gasteiger partial charge on any atom is -0.497 e. The summed E-state index contributed by atoms with van der Waals surface area (Å²) in [6, 6.07) is 8.66. The summed E-state index contributed by atoms with van der Waals surface area (Å²) in [5.74, 6) is 0.889. The summed E-state index contributed by atoms with van der Waals surface area (Å²) in [6.45, 7) is 8.42. The van der Waals surface area contributed by atoms with Crippen LogP contribution >= 0.6 is 0 Å². The van der Waals surface area contributed by atoms with Crippen LogP contribution in [0.5, 0.6) is 5.75 Å². The second kappa shape index (κ2) is 5.93. The summed E-state index contributed by atoms with van der Waals surface area (Å²) in [5.41, 5.74) is 1.42. The van der Waals surface area contributed by atoms with Gasteiger partial charge in [-0.1, -0.05) is 32.9 Å². The van der Waals surface area contributed by atoms with Gasteiger partial charge in [-0.25, -0.2) is 0 Å². The monoisotopic (exact) mass is 263 g/mol. The highest BCUT2D eigenvalue weighted by Gasteiger charge is 2.48. The molecule has 0 amide bonds. The van der Waals surface area contributed by atoms with Gasteiger partial charge in [0.25, 0.3) is 0 Å². The minimum atomic E-state index is 0.225. The number of benzene rings is 1. The van der Waals surface area contributed by atoms with Crippen LogP contribution in [0, 0.1) is 5.41 Å². The van der Waals surface area contributed by atoms with Gasteiger partial charge in [0.05, 0.1) is 19.8 Å². The number of methoxy groups -OCH3 is 1. The van der Waals surface area contributed by atoms with Crippen LogP contribution in [0.2, 0.25) is 0 Å². The van der Waals surface area contributed by atoms with E-state index in [1.807, 2.05) is 12.1 Å². The predicted octanol–water partition coefficient (Wildman–Crippen LogP) is 2.99. The standard InChI is InChI=1S/C16H25NO2/c1-5-17-14-10-15(16(14,2)3)19-11-12-6-8-13(18-4)9-7-12/h6-9,14-15,17H,5,10-11H2,1-4H3. The van der Waals surface area contributed by atoms with E-state index in [9.17, 15) is 0 Å². The van der Waals surface area contributed by atoms with E-state index in [1.54, 1.807) is 7.11 Å². The van der Waals surface area contributed by atoms with Crippen LogP contribution in [0.15, 0.2) is 24.3 Å². The summed E-state index contributed by atoms with van der Waals surface area (Å²) < 4.78 is 11.2. The Morgan fingerprint density at radius 2 is 1.95 bits per heavy atom. The molecule has 0 aromatic heterocycles.